The summed E-state index contributed by atoms with van der Waals surface area (Å²) < 4.78 is 46.1. The van der Waals surface area contributed by atoms with Crippen molar-refractivity contribution in [2.24, 2.45) is 0 Å². The zero-order valence-electron chi connectivity index (χ0n) is 22.6. The molecule has 0 heterocycles. The number of methoxy groups -OCH3 is 1. The number of benzene rings is 3. The van der Waals surface area contributed by atoms with Gasteiger partial charge >= 0.3 is 0 Å². The molecule has 0 radical (unpaired) electrons. The lowest BCUT2D eigenvalue weighted by Crippen LogP contribution is -2.47. The van der Waals surface area contributed by atoms with Crippen LogP contribution in [0.1, 0.15) is 42.9 Å². The highest BCUT2D eigenvalue weighted by Crippen LogP contribution is 2.22. The number of rotatable bonds is 13. The predicted octanol–water partition coefficient (Wildman–Crippen LogP) is 3.94. The third-order valence-electron chi connectivity index (χ3n) is 6.82. The van der Waals surface area contributed by atoms with E-state index in [4.69, 9.17) is 4.74 Å². The van der Waals surface area contributed by atoms with Crippen LogP contribution < -0.4 is 14.8 Å². The molecule has 3 aromatic rings. The molecule has 0 spiro atoms. The van der Waals surface area contributed by atoms with Gasteiger partial charge in [0.15, 0.2) is 0 Å². The fourth-order valence-corrected chi connectivity index (χ4v) is 5.47. The Balaban J connectivity index is 1.40. The molecule has 0 aromatic heterocycles. The van der Waals surface area contributed by atoms with Gasteiger partial charge < -0.3 is 15.0 Å². The highest BCUT2D eigenvalue weighted by atomic mass is 32.2. The maximum Gasteiger partial charge on any atom is 0.242 e. The second-order valence-corrected chi connectivity index (χ2v) is 11.6. The minimum Gasteiger partial charge on any atom is -0.497 e. The van der Waals surface area contributed by atoms with E-state index in [1.54, 1.807) is 50.4 Å². The van der Waals surface area contributed by atoms with Crippen LogP contribution in [0.4, 0.5) is 4.39 Å². The Kier molecular flexibility index (Phi) is 9.54. The molecule has 1 aliphatic carbocycles. The van der Waals surface area contributed by atoms with Crippen LogP contribution >= 0.6 is 0 Å². The molecule has 1 atom stereocenters. The van der Waals surface area contributed by atoms with Crippen LogP contribution in [0.15, 0.2) is 77.7 Å². The third kappa shape index (κ3) is 8.12. The van der Waals surface area contributed by atoms with Crippen molar-refractivity contribution >= 4 is 21.8 Å². The van der Waals surface area contributed by atoms with Crippen LogP contribution in [0.25, 0.3) is 0 Å². The van der Waals surface area contributed by atoms with E-state index in [1.807, 2.05) is 12.1 Å². The van der Waals surface area contributed by atoms with Gasteiger partial charge in [0.1, 0.15) is 17.6 Å². The summed E-state index contributed by atoms with van der Waals surface area (Å²) in [7, 11) is -1.97. The molecule has 1 unspecified atom stereocenters. The van der Waals surface area contributed by atoms with E-state index in [2.05, 4.69) is 10.0 Å². The van der Waals surface area contributed by atoms with E-state index in [9.17, 15) is 22.4 Å². The van der Waals surface area contributed by atoms with Crippen molar-refractivity contribution in [2.75, 3.05) is 7.11 Å². The van der Waals surface area contributed by atoms with Gasteiger partial charge in [0.05, 0.1) is 12.0 Å². The summed E-state index contributed by atoms with van der Waals surface area (Å²) in [4.78, 5) is 28.1. The van der Waals surface area contributed by atoms with Crippen LogP contribution in [-0.4, -0.2) is 44.3 Å². The van der Waals surface area contributed by atoms with Gasteiger partial charge in [0, 0.05) is 25.6 Å². The molecule has 212 valence electrons. The molecule has 0 bridgehead atoms. The first kappa shape index (κ1) is 29.2. The molecule has 2 N–H and O–H groups in total. The van der Waals surface area contributed by atoms with Gasteiger partial charge in [-0.2, -0.15) is 0 Å². The van der Waals surface area contributed by atoms with E-state index < -0.39 is 16.1 Å². The van der Waals surface area contributed by atoms with Crippen molar-refractivity contribution in [2.45, 2.75) is 62.7 Å². The van der Waals surface area contributed by atoms with Crippen molar-refractivity contribution in [1.29, 1.82) is 0 Å². The first-order valence-electron chi connectivity index (χ1n) is 13.2. The number of amides is 2. The smallest absolute Gasteiger partial charge is 0.242 e. The molecule has 40 heavy (non-hydrogen) atoms. The lowest BCUT2D eigenvalue weighted by atomic mass is 10.1. The lowest BCUT2D eigenvalue weighted by molar-refractivity contribution is -0.140. The summed E-state index contributed by atoms with van der Waals surface area (Å²) in [5.74, 6) is -0.233. The van der Waals surface area contributed by atoms with E-state index >= 15 is 0 Å². The SMILES string of the molecule is COc1ccc(CNC(=O)C(C)N(Cc2ccc(F)cc2)C(=O)CCc2ccc(S(=O)(=O)NC3CC3)cc2)cc1. The summed E-state index contributed by atoms with van der Waals surface area (Å²) >= 11 is 0. The van der Waals surface area contributed by atoms with Crippen molar-refractivity contribution in [1.82, 2.24) is 14.9 Å². The standard InChI is InChI=1S/C30H34FN3O5S/c1-21(30(36)32-19-23-5-14-27(39-2)15-6-23)34(20-24-3-10-25(31)11-4-24)29(35)18-9-22-7-16-28(17-8-22)40(37,38)33-26-12-13-26/h3-8,10-11,14-17,21,26,33H,9,12-13,18-20H2,1-2H3,(H,32,36). The van der Waals surface area contributed by atoms with Gasteiger partial charge in [0.25, 0.3) is 0 Å². The minimum absolute atomic E-state index is 0.0183. The number of carbonyl (C=O) groups is 2. The highest BCUT2D eigenvalue weighted by Gasteiger charge is 2.28. The molecule has 1 aliphatic rings. The second-order valence-electron chi connectivity index (χ2n) is 9.93. The first-order chi connectivity index (χ1) is 19.1. The molecule has 0 saturated heterocycles. The van der Waals surface area contributed by atoms with Gasteiger partial charge in [-0.25, -0.2) is 17.5 Å². The molecule has 0 aliphatic heterocycles. The van der Waals surface area contributed by atoms with Crippen LogP contribution in [0.3, 0.4) is 0 Å². The number of nitrogens with one attached hydrogen (secondary N) is 2. The third-order valence-corrected chi connectivity index (χ3v) is 8.36. The number of aryl methyl sites for hydroxylation is 1. The zero-order valence-corrected chi connectivity index (χ0v) is 23.4. The Bertz CT molecular complexity index is 1410. The molecule has 4 rings (SSSR count). The molecular formula is C30H34FN3O5S. The van der Waals surface area contributed by atoms with Gasteiger partial charge in [-0.3, -0.25) is 9.59 Å². The summed E-state index contributed by atoms with van der Waals surface area (Å²) in [5, 5.41) is 2.88. The molecule has 1 saturated carbocycles. The quantitative estimate of drug-likeness (QED) is 0.326. The van der Waals surface area contributed by atoms with Crippen molar-refractivity contribution < 1.29 is 27.1 Å². The van der Waals surface area contributed by atoms with E-state index in [0.717, 1.165) is 24.0 Å². The molecule has 1 fully saturated rings. The zero-order chi connectivity index (χ0) is 28.7. The van der Waals surface area contributed by atoms with Gasteiger partial charge in [-0.05, 0) is 79.3 Å². The van der Waals surface area contributed by atoms with Gasteiger partial charge in [-0.1, -0.05) is 36.4 Å². The highest BCUT2D eigenvalue weighted by molar-refractivity contribution is 7.89. The van der Waals surface area contributed by atoms with Crippen molar-refractivity contribution in [3.8, 4) is 5.75 Å². The summed E-state index contributed by atoms with van der Waals surface area (Å²) in [5.41, 5.74) is 2.38. The number of sulfonamides is 1. The minimum atomic E-state index is -3.55. The number of halogens is 1. The van der Waals surface area contributed by atoms with Crippen LogP contribution in [0.2, 0.25) is 0 Å². The normalized spacial score (nSPS) is 13.9. The number of carbonyl (C=O) groups excluding carboxylic acids is 2. The van der Waals surface area contributed by atoms with Crippen molar-refractivity contribution in [3.63, 3.8) is 0 Å². The predicted molar refractivity (Wildman–Crippen MR) is 149 cm³/mol. The number of hydrogen-bond acceptors (Lipinski definition) is 5. The summed E-state index contributed by atoms with van der Waals surface area (Å²) in [6.07, 6.45) is 2.19. The van der Waals surface area contributed by atoms with Crippen LogP contribution in [0, 0.1) is 5.82 Å². The average Bonchev–Trinajstić information content (AvgIpc) is 3.77. The van der Waals surface area contributed by atoms with Crippen molar-refractivity contribution in [3.05, 3.63) is 95.3 Å². The van der Waals surface area contributed by atoms with E-state index in [1.165, 1.54) is 29.2 Å². The fourth-order valence-electron chi connectivity index (χ4n) is 4.17. The maximum absolute atomic E-state index is 13.5. The van der Waals surface area contributed by atoms with Crippen LogP contribution in [-0.2, 0) is 39.1 Å². The molecule has 3 aromatic carbocycles. The van der Waals surface area contributed by atoms with Gasteiger partial charge in [-0.15, -0.1) is 0 Å². The first-order valence-corrected chi connectivity index (χ1v) is 14.7. The molecular weight excluding hydrogens is 533 g/mol. The Morgan fingerprint density at radius 2 is 1.55 bits per heavy atom. The summed E-state index contributed by atoms with van der Waals surface area (Å²) in [6, 6.07) is 18.8. The number of ether oxygens (including phenoxy) is 1. The monoisotopic (exact) mass is 567 g/mol. The molecule has 2 amide bonds. The number of nitrogens with zero attached hydrogens (tertiary/aromatic N) is 1. The fraction of sp³-hybridized carbons (Fsp3) is 0.333. The Labute approximate surface area is 234 Å². The molecule has 8 nitrogen and oxygen atoms in total. The Morgan fingerprint density at radius 3 is 2.15 bits per heavy atom. The second kappa shape index (κ2) is 13.1. The van der Waals surface area contributed by atoms with E-state index in [0.29, 0.717) is 17.7 Å². The molecule has 10 heteroatoms. The summed E-state index contributed by atoms with van der Waals surface area (Å²) in [6.45, 7) is 2.09. The number of hydrogen-bond donors (Lipinski definition) is 2. The van der Waals surface area contributed by atoms with Crippen LogP contribution in [0.5, 0.6) is 5.75 Å². The Hall–Kier alpha value is -3.76. The van der Waals surface area contributed by atoms with E-state index in [-0.39, 0.29) is 48.1 Å². The van der Waals surface area contributed by atoms with Gasteiger partial charge in [0.2, 0.25) is 21.8 Å². The largest absolute Gasteiger partial charge is 0.497 e. The Morgan fingerprint density at radius 1 is 0.950 bits per heavy atom. The lowest BCUT2D eigenvalue weighted by Gasteiger charge is -2.29. The topological polar surface area (TPSA) is 105 Å². The maximum atomic E-state index is 13.5. The average molecular weight is 568 g/mol.